The largest absolute Gasteiger partial charge is 0.480 e. The predicted octanol–water partition coefficient (Wildman–Crippen LogP) is 1.46. The van der Waals surface area contributed by atoms with E-state index in [0.717, 1.165) is 4.47 Å². The van der Waals surface area contributed by atoms with E-state index in [9.17, 15) is 14.7 Å². The van der Waals surface area contributed by atoms with Gasteiger partial charge in [-0.3, -0.25) is 10.1 Å². The highest BCUT2D eigenvalue weighted by Gasteiger charge is 2.19. The quantitative estimate of drug-likeness (QED) is 0.777. The zero-order chi connectivity index (χ0) is 14.6. The molecule has 0 aliphatic carbocycles. The number of primary amides is 1. The molecule has 3 amide bonds. The predicted molar refractivity (Wildman–Crippen MR) is 72.6 cm³/mol. The van der Waals surface area contributed by atoms with Crippen LogP contribution < -0.4 is 15.8 Å². The molecular weight excluding hydrogens is 316 g/mol. The third-order valence-corrected chi connectivity index (χ3v) is 2.84. The minimum Gasteiger partial charge on any atom is -0.480 e. The van der Waals surface area contributed by atoms with Crippen LogP contribution in [-0.2, 0) is 4.79 Å². The fourth-order valence-corrected chi connectivity index (χ4v) is 1.76. The standard InChI is InChI=1S/C12H15BrN2O4/c1-6(16)9-4-3-8(13)5-10(9)19-7(2)11(17)15-12(14)18/h3-7,16H,1-2H3,(H3,14,15,17,18). The van der Waals surface area contributed by atoms with Crippen molar-refractivity contribution in [3.8, 4) is 5.75 Å². The minimum absolute atomic E-state index is 0.358. The Labute approximate surface area is 119 Å². The molecule has 0 bridgehead atoms. The first-order chi connectivity index (χ1) is 8.81. The number of carbonyl (C=O) groups excluding carboxylic acids is 2. The van der Waals surface area contributed by atoms with Crippen molar-refractivity contribution in [2.45, 2.75) is 26.1 Å². The lowest BCUT2D eigenvalue weighted by Crippen LogP contribution is -2.42. The summed E-state index contributed by atoms with van der Waals surface area (Å²) in [5.74, 6) is -0.291. The van der Waals surface area contributed by atoms with Crippen molar-refractivity contribution in [3.05, 3.63) is 28.2 Å². The molecule has 0 saturated heterocycles. The first-order valence-electron chi connectivity index (χ1n) is 5.55. The van der Waals surface area contributed by atoms with E-state index < -0.39 is 24.1 Å². The second kappa shape index (κ2) is 6.53. The topological polar surface area (TPSA) is 102 Å². The van der Waals surface area contributed by atoms with Crippen LogP contribution in [-0.4, -0.2) is 23.1 Å². The van der Waals surface area contributed by atoms with Crippen molar-refractivity contribution in [1.29, 1.82) is 0 Å². The van der Waals surface area contributed by atoms with E-state index >= 15 is 0 Å². The maximum absolute atomic E-state index is 11.5. The molecule has 6 nitrogen and oxygen atoms in total. The van der Waals surface area contributed by atoms with Crippen LogP contribution in [0.1, 0.15) is 25.5 Å². The zero-order valence-corrected chi connectivity index (χ0v) is 12.1. The van der Waals surface area contributed by atoms with Gasteiger partial charge in [0.2, 0.25) is 0 Å². The molecule has 0 aliphatic rings. The minimum atomic E-state index is -0.939. The second-order valence-electron chi connectivity index (χ2n) is 3.97. The summed E-state index contributed by atoms with van der Waals surface area (Å²) >= 11 is 3.28. The Morgan fingerprint density at radius 1 is 1.42 bits per heavy atom. The molecule has 0 fully saturated rings. The van der Waals surface area contributed by atoms with Crippen molar-refractivity contribution in [2.75, 3.05) is 0 Å². The molecule has 7 heteroatoms. The highest BCUT2D eigenvalue weighted by Crippen LogP contribution is 2.29. The number of carbonyl (C=O) groups is 2. The van der Waals surface area contributed by atoms with E-state index in [2.05, 4.69) is 15.9 Å². The lowest BCUT2D eigenvalue weighted by molar-refractivity contribution is -0.126. The van der Waals surface area contributed by atoms with Gasteiger partial charge in [-0.25, -0.2) is 4.79 Å². The molecule has 0 heterocycles. The van der Waals surface area contributed by atoms with Crippen LogP contribution in [0.5, 0.6) is 5.75 Å². The summed E-state index contributed by atoms with van der Waals surface area (Å²) in [6, 6.07) is 4.13. The molecule has 0 radical (unpaired) electrons. The van der Waals surface area contributed by atoms with Crippen molar-refractivity contribution < 1.29 is 19.4 Å². The van der Waals surface area contributed by atoms with Gasteiger partial charge in [-0.2, -0.15) is 0 Å². The average molecular weight is 331 g/mol. The fraction of sp³-hybridized carbons (Fsp3) is 0.333. The van der Waals surface area contributed by atoms with Gasteiger partial charge in [0.15, 0.2) is 6.10 Å². The summed E-state index contributed by atoms with van der Waals surface area (Å²) in [6.45, 7) is 3.06. The Bertz CT molecular complexity index is 491. The highest BCUT2D eigenvalue weighted by atomic mass is 79.9. The fourth-order valence-electron chi connectivity index (χ4n) is 1.42. The molecule has 1 rings (SSSR count). The summed E-state index contributed by atoms with van der Waals surface area (Å²) < 4.78 is 6.19. The Balaban J connectivity index is 2.89. The Kier molecular flexibility index (Phi) is 5.31. The smallest absolute Gasteiger partial charge is 0.318 e. The molecule has 4 N–H and O–H groups in total. The van der Waals surface area contributed by atoms with Crippen LogP contribution >= 0.6 is 15.9 Å². The molecule has 2 atom stereocenters. The van der Waals surface area contributed by atoms with Crippen molar-refractivity contribution in [2.24, 2.45) is 5.73 Å². The lowest BCUT2D eigenvalue weighted by Gasteiger charge is -2.18. The van der Waals surface area contributed by atoms with Crippen molar-refractivity contribution >= 4 is 27.9 Å². The van der Waals surface area contributed by atoms with Crippen molar-refractivity contribution in [1.82, 2.24) is 5.32 Å². The number of aliphatic hydroxyl groups is 1. The van der Waals surface area contributed by atoms with E-state index in [1.165, 1.54) is 6.92 Å². The monoisotopic (exact) mass is 330 g/mol. The number of amides is 3. The first-order valence-corrected chi connectivity index (χ1v) is 6.35. The normalized spacial score (nSPS) is 13.5. The van der Waals surface area contributed by atoms with Gasteiger partial charge in [0.25, 0.3) is 5.91 Å². The number of urea groups is 1. The second-order valence-corrected chi connectivity index (χ2v) is 4.89. The van der Waals surface area contributed by atoms with E-state index in [4.69, 9.17) is 10.5 Å². The summed E-state index contributed by atoms with van der Waals surface area (Å²) in [4.78, 5) is 22.1. The molecule has 0 aliphatic heterocycles. The summed E-state index contributed by atoms with van der Waals surface area (Å²) in [5.41, 5.74) is 5.40. The summed E-state index contributed by atoms with van der Waals surface area (Å²) in [5, 5.41) is 11.5. The number of halogens is 1. The zero-order valence-electron chi connectivity index (χ0n) is 10.5. The Hall–Kier alpha value is -1.60. The molecular formula is C12H15BrN2O4. The molecule has 104 valence electrons. The number of aliphatic hydroxyl groups excluding tert-OH is 1. The summed E-state index contributed by atoms with van der Waals surface area (Å²) in [6.07, 6.45) is -1.66. The van der Waals surface area contributed by atoms with Gasteiger partial charge < -0.3 is 15.6 Å². The molecule has 1 aromatic carbocycles. The third kappa shape index (κ3) is 4.53. The number of nitrogens with two attached hydrogens (primary N) is 1. The van der Waals surface area contributed by atoms with Crippen LogP contribution in [0.15, 0.2) is 22.7 Å². The van der Waals surface area contributed by atoms with Gasteiger partial charge in [0.1, 0.15) is 5.75 Å². The van der Waals surface area contributed by atoms with E-state index in [1.807, 2.05) is 5.32 Å². The number of ether oxygens (including phenoxy) is 1. The van der Waals surface area contributed by atoms with Gasteiger partial charge in [0.05, 0.1) is 6.10 Å². The number of hydrogen-bond donors (Lipinski definition) is 3. The van der Waals surface area contributed by atoms with E-state index in [0.29, 0.717) is 11.3 Å². The maximum Gasteiger partial charge on any atom is 0.318 e. The Morgan fingerprint density at radius 2 is 2.05 bits per heavy atom. The number of imide groups is 1. The molecule has 19 heavy (non-hydrogen) atoms. The summed E-state index contributed by atoms with van der Waals surface area (Å²) in [7, 11) is 0. The van der Waals surface area contributed by atoms with E-state index in [-0.39, 0.29) is 0 Å². The molecule has 0 aromatic heterocycles. The van der Waals surface area contributed by atoms with Gasteiger partial charge in [-0.15, -0.1) is 0 Å². The van der Waals surface area contributed by atoms with Crippen LogP contribution in [0.2, 0.25) is 0 Å². The highest BCUT2D eigenvalue weighted by molar-refractivity contribution is 9.10. The molecule has 0 spiro atoms. The van der Waals surface area contributed by atoms with Crippen LogP contribution in [0.25, 0.3) is 0 Å². The first kappa shape index (κ1) is 15.5. The van der Waals surface area contributed by atoms with Gasteiger partial charge >= 0.3 is 6.03 Å². The van der Waals surface area contributed by atoms with Crippen LogP contribution in [0, 0.1) is 0 Å². The number of hydrogen-bond acceptors (Lipinski definition) is 4. The number of nitrogens with one attached hydrogen (secondary N) is 1. The van der Waals surface area contributed by atoms with Gasteiger partial charge in [-0.05, 0) is 26.0 Å². The van der Waals surface area contributed by atoms with Crippen LogP contribution in [0.3, 0.4) is 0 Å². The lowest BCUT2D eigenvalue weighted by atomic mass is 10.1. The maximum atomic E-state index is 11.5. The average Bonchev–Trinajstić information content (AvgIpc) is 2.27. The van der Waals surface area contributed by atoms with E-state index in [1.54, 1.807) is 25.1 Å². The number of benzene rings is 1. The SMILES string of the molecule is CC(Oc1cc(Br)ccc1C(C)O)C(=O)NC(N)=O. The molecule has 2 unspecified atom stereocenters. The van der Waals surface area contributed by atoms with Gasteiger partial charge in [0, 0.05) is 10.0 Å². The Morgan fingerprint density at radius 3 is 2.58 bits per heavy atom. The number of rotatable bonds is 4. The van der Waals surface area contributed by atoms with Crippen LogP contribution in [0.4, 0.5) is 4.79 Å². The van der Waals surface area contributed by atoms with Gasteiger partial charge in [-0.1, -0.05) is 22.0 Å². The third-order valence-electron chi connectivity index (χ3n) is 2.35. The molecule has 0 saturated carbocycles. The molecule has 1 aromatic rings. The van der Waals surface area contributed by atoms with Crippen molar-refractivity contribution in [3.63, 3.8) is 0 Å².